The number of benzene rings is 1. The fourth-order valence-corrected chi connectivity index (χ4v) is 3.52. The zero-order valence-electron chi connectivity index (χ0n) is 13.9. The Hall–Kier alpha value is -1.88. The van der Waals surface area contributed by atoms with Crippen LogP contribution in [0.15, 0.2) is 18.2 Å². The molecule has 2 saturated heterocycles. The molecule has 2 heterocycles. The molecule has 0 bridgehead atoms. The predicted octanol–water partition coefficient (Wildman–Crippen LogP) is 1.77. The van der Waals surface area contributed by atoms with E-state index in [2.05, 4.69) is 13.0 Å². The van der Waals surface area contributed by atoms with Gasteiger partial charge in [0, 0.05) is 31.7 Å². The van der Waals surface area contributed by atoms with Crippen LogP contribution in [0.25, 0.3) is 0 Å². The molecule has 124 valence electrons. The van der Waals surface area contributed by atoms with Crippen LogP contribution in [-0.4, -0.2) is 49.6 Å². The first-order valence-corrected chi connectivity index (χ1v) is 8.37. The van der Waals surface area contributed by atoms with E-state index in [1.54, 1.807) is 0 Å². The fraction of sp³-hybridized carbons (Fsp3) is 0.556. The highest BCUT2D eigenvalue weighted by atomic mass is 16.5. The normalized spacial score (nSPS) is 21.8. The molecule has 0 radical (unpaired) electrons. The number of hydrogen-bond acceptors (Lipinski definition) is 3. The van der Waals surface area contributed by atoms with Crippen LogP contribution in [0.3, 0.4) is 0 Å². The molecule has 0 N–H and O–H groups in total. The molecule has 1 atom stereocenters. The van der Waals surface area contributed by atoms with E-state index in [4.69, 9.17) is 4.74 Å². The molecular weight excluding hydrogens is 292 g/mol. The quantitative estimate of drug-likeness (QED) is 0.854. The number of ether oxygens (including phenoxy) is 1. The average molecular weight is 316 g/mol. The van der Waals surface area contributed by atoms with Gasteiger partial charge in [-0.15, -0.1) is 0 Å². The van der Waals surface area contributed by atoms with Gasteiger partial charge in [-0.1, -0.05) is 25.1 Å². The highest BCUT2D eigenvalue weighted by Gasteiger charge is 2.38. The van der Waals surface area contributed by atoms with Crippen LogP contribution in [0.4, 0.5) is 5.69 Å². The first-order valence-electron chi connectivity index (χ1n) is 8.37. The maximum atomic E-state index is 12.7. The van der Waals surface area contributed by atoms with Gasteiger partial charge in [0.05, 0.1) is 19.1 Å². The number of rotatable bonds is 3. The lowest BCUT2D eigenvalue weighted by molar-refractivity contribution is -0.139. The molecule has 2 aliphatic heterocycles. The number of aryl methyl sites for hydroxylation is 2. The third kappa shape index (κ3) is 3.11. The number of anilines is 1. The number of morpholine rings is 1. The Kier molecular flexibility index (Phi) is 4.66. The summed E-state index contributed by atoms with van der Waals surface area (Å²) in [6.07, 6.45) is 1.19. The Morgan fingerprint density at radius 3 is 2.74 bits per heavy atom. The molecule has 0 aromatic heterocycles. The Morgan fingerprint density at radius 1 is 1.30 bits per heavy atom. The van der Waals surface area contributed by atoms with Gasteiger partial charge in [0.25, 0.3) is 0 Å². The van der Waals surface area contributed by atoms with Crippen LogP contribution in [0.5, 0.6) is 0 Å². The second-order valence-corrected chi connectivity index (χ2v) is 6.28. The Morgan fingerprint density at radius 2 is 2.04 bits per heavy atom. The summed E-state index contributed by atoms with van der Waals surface area (Å²) in [5.74, 6) is -0.0821. The number of para-hydroxylation sites is 1. The largest absolute Gasteiger partial charge is 0.378 e. The molecule has 5 heteroatoms. The van der Waals surface area contributed by atoms with E-state index in [0.717, 1.165) is 23.2 Å². The van der Waals surface area contributed by atoms with Crippen LogP contribution in [0.1, 0.15) is 24.5 Å². The SMILES string of the molecule is CCc1cccc(C)c1N1CC(C(=O)N2CCOCC2)CC1=O. The number of amides is 2. The Labute approximate surface area is 137 Å². The van der Waals surface area contributed by atoms with Gasteiger partial charge in [0.2, 0.25) is 11.8 Å². The lowest BCUT2D eigenvalue weighted by atomic mass is 10.0. The first kappa shape index (κ1) is 16.0. The minimum Gasteiger partial charge on any atom is -0.378 e. The van der Waals surface area contributed by atoms with E-state index in [0.29, 0.717) is 39.3 Å². The van der Waals surface area contributed by atoms with Crippen molar-refractivity contribution in [1.82, 2.24) is 4.90 Å². The number of carbonyl (C=O) groups excluding carboxylic acids is 2. The van der Waals surface area contributed by atoms with Crippen molar-refractivity contribution in [2.75, 3.05) is 37.7 Å². The number of nitrogens with zero attached hydrogens (tertiary/aromatic N) is 2. The van der Waals surface area contributed by atoms with Gasteiger partial charge in [0.15, 0.2) is 0 Å². The molecule has 0 saturated carbocycles. The molecular formula is C18H24N2O3. The molecule has 1 unspecified atom stereocenters. The highest BCUT2D eigenvalue weighted by molar-refractivity contribution is 6.01. The molecule has 0 spiro atoms. The Balaban J connectivity index is 1.79. The Bertz CT molecular complexity index is 608. The van der Waals surface area contributed by atoms with Gasteiger partial charge in [-0.3, -0.25) is 9.59 Å². The van der Waals surface area contributed by atoms with Crippen molar-refractivity contribution in [1.29, 1.82) is 0 Å². The highest BCUT2D eigenvalue weighted by Crippen LogP contribution is 2.32. The summed E-state index contributed by atoms with van der Waals surface area (Å²) in [5, 5.41) is 0. The lowest BCUT2D eigenvalue weighted by Gasteiger charge is -2.29. The van der Waals surface area contributed by atoms with Crippen molar-refractivity contribution in [3.8, 4) is 0 Å². The summed E-state index contributed by atoms with van der Waals surface area (Å²) in [4.78, 5) is 28.8. The maximum Gasteiger partial charge on any atom is 0.228 e. The summed E-state index contributed by atoms with van der Waals surface area (Å²) >= 11 is 0. The monoisotopic (exact) mass is 316 g/mol. The van der Waals surface area contributed by atoms with E-state index in [-0.39, 0.29) is 17.7 Å². The van der Waals surface area contributed by atoms with Gasteiger partial charge in [0.1, 0.15) is 0 Å². The van der Waals surface area contributed by atoms with Crippen molar-refractivity contribution in [2.24, 2.45) is 5.92 Å². The van der Waals surface area contributed by atoms with E-state index < -0.39 is 0 Å². The summed E-state index contributed by atoms with van der Waals surface area (Å²) in [7, 11) is 0. The fourth-order valence-electron chi connectivity index (χ4n) is 3.52. The minimum atomic E-state index is -0.232. The molecule has 2 aliphatic rings. The van der Waals surface area contributed by atoms with E-state index in [1.165, 1.54) is 0 Å². The molecule has 2 amide bonds. The molecule has 1 aromatic rings. The van der Waals surface area contributed by atoms with Crippen molar-refractivity contribution in [3.63, 3.8) is 0 Å². The second-order valence-electron chi connectivity index (χ2n) is 6.28. The third-order valence-corrected chi connectivity index (χ3v) is 4.77. The van der Waals surface area contributed by atoms with Crippen LogP contribution >= 0.6 is 0 Å². The zero-order valence-corrected chi connectivity index (χ0v) is 13.9. The van der Waals surface area contributed by atoms with Gasteiger partial charge >= 0.3 is 0 Å². The minimum absolute atomic E-state index is 0.0561. The predicted molar refractivity (Wildman–Crippen MR) is 88.4 cm³/mol. The lowest BCUT2D eigenvalue weighted by Crippen LogP contribution is -2.44. The molecule has 2 fully saturated rings. The topological polar surface area (TPSA) is 49.9 Å². The molecule has 0 aliphatic carbocycles. The molecule has 5 nitrogen and oxygen atoms in total. The smallest absolute Gasteiger partial charge is 0.228 e. The zero-order chi connectivity index (χ0) is 16.4. The van der Waals surface area contributed by atoms with Crippen molar-refractivity contribution in [2.45, 2.75) is 26.7 Å². The van der Waals surface area contributed by atoms with Gasteiger partial charge in [-0.25, -0.2) is 0 Å². The van der Waals surface area contributed by atoms with E-state index in [9.17, 15) is 9.59 Å². The van der Waals surface area contributed by atoms with Crippen LogP contribution in [0.2, 0.25) is 0 Å². The maximum absolute atomic E-state index is 12.7. The molecule has 3 rings (SSSR count). The standard InChI is InChI=1S/C18H24N2O3/c1-3-14-6-4-5-13(2)17(14)20-12-15(11-16(20)21)18(22)19-7-9-23-10-8-19/h4-6,15H,3,7-12H2,1-2H3. The average Bonchev–Trinajstić information content (AvgIpc) is 2.96. The first-order chi connectivity index (χ1) is 11.1. The van der Waals surface area contributed by atoms with Gasteiger partial charge in [-0.2, -0.15) is 0 Å². The third-order valence-electron chi connectivity index (χ3n) is 4.77. The van der Waals surface area contributed by atoms with E-state index >= 15 is 0 Å². The van der Waals surface area contributed by atoms with Crippen molar-refractivity contribution >= 4 is 17.5 Å². The molecule has 1 aromatic carbocycles. The summed E-state index contributed by atoms with van der Waals surface area (Å²) < 4.78 is 5.30. The summed E-state index contributed by atoms with van der Waals surface area (Å²) in [5.41, 5.74) is 3.26. The van der Waals surface area contributed by atoms with Gasteiger partial charge in [-0.05, 0) is 24.5 Å². The number of carbonyl (C=O) groups is 2. The second kappa shape index (κ2) is 6.71. The molecule has 23 heavy (non-hydrogen) atoms. The summed E-state index contributed by atoms with van der Waals surface area (Å²) in [6, 6.07) is 6.11. The van der Waals surface area contributed by atoms with Crippen molar-refractivity contribution < 1.29 is 14.3 Å². The van der Waals surface area contributed by atoms with E-state index in [1.807, 2.05) is 28.9 Å². The van der Waals surface area contributed by atoms with Crippen LogP contribution in [0, 0.1) is 12.8 Å². The van der Waals surface area contributed by atoms with Crippen LogP contribution in [-0.2, 0) is 20.7 Å². The van der Waals surface area contributed by atoms with Crippen LogP contribution < -0.4 is 4.90 Å². The van der Waals surface area contributed by atoms with Crippen molar-refractivity contribution in [3.05, 3.63) is 29.3 Å². The summed E-state index contributed by atoms with van der Waals surface area (Å²) in [6.45, 7) is 7.06. The van der Waals surface area contributed by atoms with Gasteiger partial charge < -0.3 is 14.5 Å². The number of hydrogen-bond donors (Lipinski definition) is 0.